The third-order valence-electron chi connectivity index (χ3n) is 4.85. The molecular formula is C22H21N5O3. The largest absolute Gasteiger partial charge is 0.467 e. The second kappa shape index (κ2) is 8.20. The van der Waals surface area contributed by atoms with Gasteiger partial charge in [-0.3, -0.25) is 14.0 Å². The fraction of sp³-hybridized carbons (Fsp3) is 0.182. The van der Waals surface area contributed by atoms with E-state index in [1.165, 1.54) is 0 Å². The van der Waals surface area contributed by atoms with Gasteiger partial charge in [0.25, 0.3) is 11.8 Å². The number of carbonyl (C=O) groups is 2. The number of carbonyl (C=O) groups excluding carboxylic acids is 2. The summed E-state index contributed by atoms with van der Waals surface area (Å²) in [5, 5.41) is 10.7. The van der Waals surface area contributed by atoms with Gasteiger partial charge in [0.15, 0.2) is 5.65 Å². The summed E-state index contributed by atoms with van der Waals surface area (Å²) in [5.74, 6) is 1.10. The monoisotopic (exact) mass is 403 g/mol. The Morgan fingerprint density at radius 2 is 1.80 bits per heavy atom. The molecule has 0 aliphatic heterocycles. The highest BCUT2D eigenvalue weighted by Gasteiger charge is 2.19. The van der Waals surface area contributed by atoms with Gasteiger partial charge in [0.1, 0.15) is 11.6 Å². The molecule has 30 heavy (non-hydrogen) atoms. The Balaban J connectivity index is 1.62. The Kier molecular flexibility index (Phi) is 5.30. The number of fused-ring (bicyclic) bond motifs is 1. The molecule has 0 aliphatic rings. The molecule has 0 atom stereocenters. The predicted octanol–water partition coefficient (Wildman–Crippen LogP) is 2.83. The van der Waals surface area contributed by atoms with Crippen molar-refractivity contribution in [1.29, 1.82) is 0 Å². The lowest BCUT2D eigenvalue weighted by atomic mass is 10.1. The van der Waals surface area contributed by atoms with Crippen molar-refractivity contribution < 1.29 is 14.0 Å². The Morgan fingerprint density at radius 1 is 1.03 bits per heavy atom. The molecule has 152 valence electrons. The minimum atomic E-state index is -0.150. The lowest BCUT2D eigenvalue weighted by Gasteiger charge is -2.22. The summed E-state index contributed by atoms with van der Waals surface area (Å²) in [6.07, 6.45) is 3.33. The predicted molar refractivity (Wildman–Crippen MR) is 110 cm³/mol. The zero-order valence-electron chi connectivity index (χ0n) is 16.7. The number of nitrogens with zero attached hydrogens (tertiary/aromatic N) is 4. The van der Waals surface area contributed by atoms with Gasteiger partial charge in [0.2, 0.25) is 0 Å². The van der Waals surface area contributed by atoms with Crippen LogP contribution in [0.25, 0.3) is 5.65 Å². The van der Waals surface area contributed by atoms with Gasteiger partial charge >= 0.3 is 0 Å². The Morgan fingerprint density at radius 3 is 2.50 bits per heavy atom. The van der Waals surface area contributed by atoms with E-state index in [1.54, 1.807) is 59.1 Å². The molecule has 4 rings (SSSR count). The molecule has 8 nitrogen and oxygen atoms in total. The summed E-state index contributed by atoms with van der Waals surface area (Å²) >= 11 is 0. The van der Waals surface area contributed by atoms with Crippen LogP contribution in [0.15, 0.2) is 65.4 Å². The van der Waals surface area contributed by atoms with Gasteiger partial charge in [0, 0.05) is 25.4 Å². The Bertz CT molecular complexity index is 1180. The van der Waals surface area contributed by atoms with Crippen LogP contribution in [0.4, 0.5) is 0 Å². The summed E-state index contributed by atoms with van der Waals surface area (Å²) in [7, 11) is 1.59. The second-order valence-electron chi connectivity index (χ2n) is 6.91. The fourth-order valence-electron chi connectivity index (χ4n) is 3.23. The summed E-state index contributed by atoms with van der Waals surface area (Å²) in [4.78, 5) is 26.8. The fourth-order valence-corrected chi connectivity index (χ4v) is 3.23. The molecule has 0 bridgehead atoms. The van der Waals surface area contributed by atoms with Crippen LogP contribution in [-0.4, -0.2) is 38.4 Å². The molecule has 0 aliphatic carbocycles. The highest BCUT2D eigenvalue weighted by molar-refractivity contribution is 5.95. The van der Waals surface area contributed by atoms with E-state index in [4.69, 9.17) is 4.42 Å². The molecule has 2 amide bonds. The number of aryl methyl sites for hydroxylation is 1. The van der Waals surface area contributed by atoms with Crippen LogP contribution in [0.5, 0.6) is 0 Å². The van der Waals surface area contributed by atoms with E-state index in [0.29, 0.717) is 41.4 Å². The Labute approximate surface area is 173 Å². The standard InChI is InChI=1S/C22H21N5O3/c1-15-24-25-20-10-9-18(13-27(15)20)22(29)26(14-19-4-3-11-30-19)12-16-5-7-17(8-6-16)21(28)23-2/h3-11,13H,12,14H2,1-2H3,(H,23,28). The minimum absolute atomic E-state index is 0.142. The van der Waals surface area contributed by atoms with Crippen molar-refractivity contribution in [2.75, 3.05) is 7.05 Å². The summed E-state index contributed by atoms with van der Waals surface area (Å²) in [6.45, 7) is 2.53. The maximum atomic E-state index is 13.3. The highest BCUT2D eigenvalue weighted by Crippen LogP contribution is 2.16. The summed E-state index contributed by atoms with van der Waals surface area (Å²) < 4.78 is 7.25. The molecular weight excluding hydrogens is 382 g/mol. The molecule has 0 saturated heterocycles. The van der Waals surface area contributed by atoms with Crippen molar-refractivity contribution in [2.24, 2.45) is 0 Å². The molecule has 3 heterocycles. The van der Waals surface area contributed by atoms with Crippen LogP contribution < -0.4 is 5.32 Å². The van der Waals surface area contributed by atoms with E-state index in [-0.39, 0.29) is 11.8 Å². The van der Waals surface area contributed by atoms with Crippen molar-refractivity contribution in [2.45, 2.75) is 20.0 Å². The smallest absolute Gasteiger partial charge is 0.256 e. The van der Waals surface area contributed by atoms with Gasteiger partial charge in [-0.25, -0.2) is 0 Å². The lowest BCUT2D eigenvalue weighted by molar-refractivity contribution is 0.0717. The molecule has 0 unspecified atom stereocenters. The van der Waals surface area contributed by atoms with Gasteiger partial charge < -0.3 is 14.6 Å². The molecule has 3 aromatic heterocycles. The summed E-state index contributed by atoms with van der Waals surface area (Å²) in [6, 6.07) is 14.3. The van der Waals surface area contributed by atoms with Crippen molar-refractivity contribution in [3.8, 4) is 0 Å². The average Bonchev–Trinajstić information content (AvgIpc) is 3.42. The van der Waals surface area contributed by atoms with Crippen LogP contribution in [0.3, 0.4) is 0 Å². The quantitative estimate of drug-likeness (QED) is 0.534. The van der Waals surface area contributed by atoms with Crippen LogP contribution in [-0.2, 0) is 13.1 Å². The van der Waals surface area contributed by atoms with Crippen molar-refractivity contribution in [3.05, 3.63) is 89.3 Å². The van der Waals surface area contributed by atoms with E-state index in [1.807, 2.05) is 25.1 Å². The molecule has 0 spiro atoms. The van der Waals surface area contributed by atoms with E-state index in [9.17, 15) is 9.59 Å². The highest BCUT2D eigenvalue weighted by atomic mass is 16.3. The first-order valence-electron chi connectivity index (χ1n) is 9.49. The average molecular weight is 403 g/mol. The molecule has 1 N–H and O–H groups in total. The number of benzene rings is 1. The third-order valence-corrected chi connectivity index (χ3v) is 4.85. The molecule has 4 aromatic rings. The normalized spacial score (nSPS) is 10.9. The van der Waals surface area contributed by atoms with Gasteiger partial charge in [-0.1, -0.05) is 12.1 Å². The van der Waals surface area contributed by atoms with Crippen molar-refractivity contribution >= 4 is 17.5 Å². The van der Waals surface area contributed by atoms with E-state index in [0.717, 1.165) is 5.56 Å². The minimum Gasteiger partial charge on any atom is -0.467 e. The Hall–Kier alpha value is -3.94. The van der Waals surface area contributed by atoms with Crippen LogP contribution in [0.2, 0.25) is 0 Å². The van der Waals surface area contributed by atoms with Gasteiger partial charge in [-0.15, -0.1) is 10.2 Å². The second-order valence-corrected chi connectivity index (χ2v) is 6.91. The number of hydrogen-bond donors (Lipinski definition) is 1. The molecule has 0 saturated carbocycles. The number of pyridine rings is 1. The molecule has 8 heteroatoms. The van der Waals surface area contributed by atoms with Gasteiger partial charge in [-0.05, 0) is 48.9 Å². The van der Waals surface area contributed by atoms with E-state index in [2.05, 4.69) is 15.5 Å². The number of hydrogen-bond acceptors (Lipinski definition) is 5. The van der Waals surface area contributed by atoms with Gasteiger partial charge in [-0.2, -0.15) is 0 Å². The first kappa shape index (κ1) is 19.4. The molecule has 0 fully saturated rings. The summed E-state index contributed by atoms with van der Waals surface area (Å²) in [5.41, 5.74) is 2.69. The topological polar surface area (TPSA) is 92.7 Å². The van der Waals surface area contributed by atoms with Crippen LogP contribution in [0, 0.1) is 6.92 Å². The lowest BCUT2D eigenvalue weighted by Crippen LogP contribution is -2.30. The first-order valence-corrected chi connectivity index (χ1v) is 9.49. The third kappa shape index (κ3) is 3.93. The number of aromatic nitrogens is 3. The first-order chi connectivity index (χ1) is 14.5. The number of amides is 2. The number of furan rings is 1. The van der Waals surface area contributed by atoms with E-state index >= 15 is 0 Å². The zero-order chi connectivity index (χ0) is 21.1. The maximum absolute atomic E-state index is 13.3. The SMILES string of the molecule is CNC(=O)c1ccc(CN(Cc2ccco2)C(=O)c2ccc3nnc(C)n3c2)cc1. The van der Waals surface area contributed by atoms with Crippen LogP contribution >= 0.6 is 0 Å². The number of rotatable bonds is 6. The maximum Gasteiger partial charge on any atom is 0.256 e. The molecule has 0 radical (unpaired) electrons. The van der Waals surface area contributed by atoms with Crippen LogP contribution in [0.1, 0.15) is 37.9 Å². The molecule has 1 aromatic carbocycles. The zero-order valence-corrected chi connectivity index (χ0v) is 16.7. The van der Waals surface area contributed by atoms with Crippen molar-refractivity contribution in [1.82, 2.24) is 24.8 Å². The van der Waals surface area contributed by atoms with E-state index < -0.39 is 0 Å². The van der Waals surface area contributed by atoms with Gasteiger partial charge in [0.05, 0.1) is 18.4 Å². The van der Waals surface area contributed by atoms with Crippen molar-refractivity contribution in [3.63, 3.8) is 0 Å². The number of nitrogens with one attached hydrogen (secondary N) is 1.